The zero-order valence-corrected chi connectivity index (χ0v) is 15.3. The van der Waals surface area contributed by atoms with E-state index in [2.05, 4.69) is 9.88 Å². The maximum Gasteiger partial charge on any atom is 0.234 e. The van der Waals surface area contributed by atoms with Gasteiger partial charge in [0.05, 0.1) is 5.92 Å². The maximum atomic E-state index is 13.4. The van der Waals surface area contributed by atoms with Gasteiger partial charge in [-0.1, -0.05) is 60.7 Å². The van der Waals surface area contributed by atoms with Crippen molar-refractivity contribution in [3.8, 4) is 0 Å². The second-order valence-electron chi connectivity index (χ2n) is 6.38. The molecule has 0 unspecified atom stereocenters. The SMILES string of the molecule is O=C(C(c1ccccc1)c1ccccc1)N1CCN(c2nccs2)CC1. The van der Waals surface area contributed by atoms with E-state index in [1.807, 2.05) is 77.1 Å². The molecule has 26 heavy (non-hydrogen) atoms. The highest BCUT2D eigenvalue weighted by Crippen LogP contribution is 2.28. The van der Waals surface area contributed by atoms with Crippen LogP contribution in [0.25, 0.3) is 0 Å². The molecule has 0 N–H and O–H groups in total. The fourth-order valence-electron chi connectivity index (χ4n) is 3.44. The van der Waals surface area contributed by atoms with Crippen LogP contribution >= 0.6 is 11.3 Å². The smallest absolute Gasteiger partial charge is 0.234 e. The van der Waals surface area contributed by atoms with Gasteiger partial charge in [0, 0.05) is 37.8 Å². The van der Waals surface area contributed by atoms with E-state index in [-0.39, 0.29) is 11.8 Å². The topological polar surface area (TPSA) is 36.4 Å². The van der Waals surface area contributed by atoms with Gasteiger partial charge < -0.3 is 9.80 Å². The van der Waals surface area contributed by atoms with E-state index in [0.717, 1.165) is 42.4 Å². The second kappa shape index (κ2) is 7.70. The van der Waals surface area contributed by atoms with Crippen LogP contribution in [-0.2, 0) is 4.79 Å². The molecule has 1 amide bonds. The summed E-state index contributed by atoms with van der Waals surface area (Å²) in [6.07, 6.45) is 1.83. The molecule has 0 aliphatic carbocycles. The van der Waals surface area contributed by atoms with Crippen molar-refractivity contribution >= 4 is 22.4 Å². The molecule has 2 aromatic carbocycles. The molecular formula is C21H21N3OS. The molecule has 4 rings (SSSR count). The molecule has 4 nitrogen and oxygen atoms in total. The first-order chi connectivity index (χ1) is 12.8. The molecule has 0 spiro atoms. The van der Waals surface area contributed by atoms with E-state index in [1.54, 1.807) is 11.3 Å². The van der Waals surface area contributed by atoms with Gasteiger partial charge in [0.2, 0.25) is 5.91 Å². The molecule has 132 valence electrons. The summed E-state index contributed by atoms with van der Waals surface area (Å²) in [6, 6.07) is 20.1. The van der Waals surface area contributed by atoms with E-state index < -0.39 is 0 Å². The minimum atomic E-state index is -0.246. The summed E-state index contributed by atoms with van der Waals surface area (Å²) in [5.41, 5.74) is 2.09. The monoisotopic (exact) mass is 363 g/mol. The lowest BCUT2D eigenvalue weighted by atomic mass is 9.90. The van der Waals surface area contributed by atoms with Crippen LogP contribution in [0.5, 0.6) is 0 Å². The summed E-state index contributed by atoms with van der Waals surface area (Å²) in [5, 5.41) is 3.04. The number of nitrogens with zero attached hydrogens (tertiary/aromatic N) is 3. The third-order valence-electron chi connectivity index (χ3n) is 4.79. The van der Waals surface area contributed by atoms with Gasteiger partial charge in [-0.15, -0.1) is 11.3 Å². The number of anilines is 1. The standard InChI is InChI=1S/C21H21N3OS/c25-20(23-12-14-24(15-13-23)21-22-11-16-26-21)19(17-7-3-1-4-8-17)18-9-5-2-6-10-18/h1-11,16,19H,12-15H2. The lowest BCUT2D eigenvalue weighted by Gasteiger charge is -2.36. The van der Waals surface area contributed by atoms with Crippen molar-refractivity contribution in [2.24, 2.45) is 0 Å². The Morgan fingerprint density at radius 3 is 1.96 bits per heavy atom. The van der Waals surface area contributed by atoms with Crippen LogP contribution in [0, 0.1) is 0 Å². The molecule has 0 bridgehead atoms. The predicted molar refractivity (Wildman–Crippen MR) is 106 cm³/mol. The molecule has 0 atom stereocenters. The van der Waals surface area contributed by atoms with Gasteiger partial charge >= 0.3 is 0 Å². The van der Waals surface area contributed by atoms with Crippen molar-refractivity contribution in [1.82, 2.24) is 9.88 Å². The number of benzene rings is 2. The first-order valence-corrected chi connectivity index (χ1v) is 9.74. The molecule has 1 fully saturated rings. The third kappa shape index (κ3) is 3.48. The van der Waals surface area contributed by atoms with E-state index >= 15 is 0 Å². The molecule has 1 aliphatic rings. The van der Waals surface area contributed by atoms with Gasteiger partial charge in [0.25, 0.3) is 0 Å². The minimum absolute atomic E-state index is 0.182. The Bertz CT molecular complexity index is 789. The second-order valence-corrected chi connectivity index (χ2v) is 7.25. The third-order valence-corrected chi connectivity index (χ3v) is 5.63. The normalized spacial score (nSPS) is 14.7. The fraction of sp³-hybridized carbons (Fsp3) is 0.238. The molecule has 5 heteroatoms. The molecule has 2 heterocycles. The van der Waals surface area contributed by atoms with Crippen LogP contribution in [0.15, 0.2) is 72.2 Å². The first kappa shape index (κ1) is 16.8. The summed E-state index contributed by atoms with van der Waals surface area (Å²) in [5.74, 6) is -0.0648. The average Bonchev–Trinajstić information content (AvgIpc) is 3.25. The first-order valence-electron chi connectivity index (χ1n) is 8.86. The fourth-order valence-corrected chi connectivity index (χ4v) is 4.14. The molecule has 1 aromatic heterocycles. The highest BCUT2D eigenvalue weighted by Gasteiger charge is 2.30. The minimum Gasteiger partial charge on any atom is -0.345 e. The zero-order chi connectivity index (χ0) is 17.8. The number of rotatable bonds is 4. The van der Waals surface area contributed by atoms with Gasteiger partial charge in [-0.2, -0.15) is 0 Å². The summed E-state index contributed by atoms with van der Waals surface area (Å²) < 4.78 is 0. The van der Waals surface area contributed by atoms with Crippen LogP contribution in [0.3, 0.4) is 0 Å². The quantitative estimate of drug-likeness (QED) is 0.710. The van der Waals surface area contributed by atoms with Crippen molar-refractivity contribution in [2.45, 2.75) is 5.92 Å². The van der Waals surface area contributed by atoms with Crippen molar-refractivity contribution in [3.63, 3.8) is 0 Å². The lowest BCUT2D eigenvalue weighted by Crippen LogP contribution is -2.50. The Morgan fingerprint density at radius 2 is 1.46 bits per heavy atom. The number of piperazine rings is 1. The van der Waals surface area contributed by atoms with E-state index in [9.17, 15) is 4.79 Å². The van der Waals surface area contributed by atoms with Crippen molar-refractivity contribution < 1.29 is 4.79 Å². The van der Waals surface area contributed by atoms with Gasteiger partial charge in [-0.25, -0.2) is 4.98 Å². The average molecular weight is 363 g/mol. The van der Waals surface area contributed by atoms with Crippen LogP contribution in [0.4, 0.5) is 5.13 Å². The maximum absolute atomic E-state index is 13.4. The van der Waals surface area contributed by atoms with E-state index in [0.29, 0.717) is 0 Å². The number of carbonyl (C=O) groups is 1. The summed E-state index contributed by atoms with van der Waals surface area (Å²) >= 11 is 1.65. The Morgan fingerprint density at radius 1 is 0.885 bits per heavy atom. The lowest BCUT2D eigenvalue weighted by molar-refractivity contribution is -0.132. The molecule has 1 aliphatic heterocycles. The molecule has 1 saturated heterocycles. The highest BCUT2D eigenvalue weighted by molar-refractivity contribution is 7.13. The van der Waals surface area contributed by atoms with Crippen molar-refractivity contribution in [1.29, 1.82) is 0 Å². The number of thiazole rings is 1. The van der Waals surface area contributed by atoms with Gasteiger partial charge in [-0.3, -0.25) is 4.79 Å². The van der Waals surface area contributed by atoms with Gasteiger partial charge in [-0.05, 0) is 11.1 Å². The van der Waals surface area contributed by atoms with Crippen LogP contribution < -0.4 is 4.90 Å². The van der Waals surface area contributed by atoms with E-state index in [1.165, 1.54) is 0 Å². The van der Waals surface area contributed by atoms with E-state index in [4.69, 9.17) is 0 Å². The highest BCUT2D eigenvalue weighted by atomic mass is 32.1. The summed E-state index contributed by atoms with van der Waals surface area (Å²) in [7, 11) is 0. The summed E-state index contributed by atoms with van der Waals surface area (Å²) in [4.78, 5) is 22.0. The largest absolute Gasteiger partial charge is 0.345 e. The van der Waals surface area contributed by atoms with Crippen LogP contribution in [-0.4, -0.2) is 42.0 Å². The Hall–Kier alpha value is -2.66. The summed E-state index contributed by atoms with van der Waals surface area (Å²) in [6.45, 7) is 3.12. The Balaban J connectivity index is 1.54. The molecule has 0 saturated carbocycles. The predicted octanol–water partition coefficient (Wildman–Crippen LogP) is 3.62. The van der Waals surface area contributed by atoms with Crippen LogP contribution in [0.2, 0.25) is 0 Å². The number of hydrogen-bond donors (Lipinski definition) is 0. The Kier molecular flexibility index (Phi) is 4.97. The number of hydrogen-bond acceptors (Lipinski definition) is 4. The number of amides is 1. The zero-order valence-electron chi connectivity index (χ0n) is 14.5. The van der Waals surface area contributed by atoms with Crippen molar-refractivity contribution in [3.05, 3.63) is 83.4 Å². The van der Waals surface area contributed by atoms with Crippen molar-refractivity contribution in [2.75, 3.05) is 31.1 Å². The molecular weight excluding hydrogens is 342 g/mol. The molecule has 0 radical (unpaired) electrons. The molecule has 3 aromatic rings. The Labute approximate surface area is 157 Å². The van der Waals surface area contributed by atoms with Gasteiger partial charge in [0.15, 0.2) is 5.13 Å². The van der Waals surface area contributed by atoms with Gasteiger partial charge in [0.1, 0.15) is 0 Å². The number of carbonyl (C=O) groups excluding carboxylic acids is 1. The number of aromatic nitrogens is 1. The van der Waals surface area contributed by atoms with Crippen LogP contribution in [0.1, 0.15) is 17.0 Å².